The Morgan fingerprint density at radius 1 is 1.31 bits per heavy atom. The maximum Gasteiger partial charge on any atom is 0.151 e. The Balaban J connectivity index is 2.70. The van der Waals surface area contributed by atoms with Crippen LogP contribution in [0.2, 0.25) is 0 Å². The third-order valence-corrected chi connectivity index (χ3v) is 2.85. The molecule has 2 N–H and O–H groups in total. The van der Waals surface area contributed by atoms with Crippen molar-refractivity contribution >= 4 is 5.82 Å². The van der Waals surface area contributed by atoms with E-state index in [2.05, 4.69) is 35.9 Å². The molecular weight excluding hydrogens is 200 g/mol. The van der Waals surface area contributed by atoms with Crippen LogP contribution in [0, 0.1) is 5.92 Å². The molecule has 0 spiro atoms. The monoisotopic (exact) mass is 222 g/mol. The molecule has 90 valence electrons. The Labute approximate surface area is 97.9 Å². The number of nitrogens with two attached hydrogens (primary N) is 1. The third kappa shape index (κ3) is 3.45. The first-order valence-electron chi connectivity index (χ1n) is 5.98. The van der Waals surface area contributed by atoms with Crippen LogP contribution in [0.25, 0.3) is 0 Å². The van der Waals surface area contributed by atoms with Gasteiger partial charge in [-0.15, -0.1) is 5.10 Å². The Bertz CT molecular complexity index is 296. The molecule has 0 amide bonds. The van der Waals surface area contributed by atoms with Crippen molar-refractivity contribution in [1.82, 2.24) is 10.2 Å². The number of hydrogen-bond donors (Lipinski definition) is 1. The van der Waals surface area contributed by atoms with Gasteiger partial charge >= 0.3 is 0 Å². The Morgan fingerprint density at radius 2 is 2.06 bits per heavy atom. The van der Waals surface area contributed by atoms with Crippen LogP contribution in [0.1, 0.15) is 32.9 Å². The minimum absolute atomic E-state index is 0.449. The molecule has 4 heteroatoms. The van der Waals surface area contributed by atoms with Crippen LogP contribution in [0.3, 0.4) is 0 Å². The van der Waals surface area contributed by atoms with Crippen molar-refractivity contribution in [2.24, 2.45) is 11.7 Å². The quantitative estimate of drug-likeness (QED) is 0.797. The smallest absolute Gasteiger partial charge is 0.151 e. The van der Waals surface area contributed by atoms with E-state index in [9.17, 15) is 0 Å². The Kier molecular flexibility index (Phi) is 5.19. The molecule has 0 bridgehead atoms. The third-order valence-electron chi connectivity index (χ3n) is 2.85. The number of anilines is 1. The van der Waals surface area contributed by atoms with Crippen molar-refractivity contribution in [1.29, 1.82) is 0 Å². The van der Waals surface area contributed by atoms with Gasteiger partial charge in [0.1, 0.15) is 0 Å². The summed E-state index contributed by atoms with van der Waals surface area (Å²) >= 11 is 0. The lowest BCUT2D eigenvalue weighted by molar-refractivity contribution is 0.544. The number of nitrogens with zero attached hydrogens (tertiary/aromatic N) is 3. The number of aromatic nitrogens is 2. The van der Waals surface area contributed by atoms with E-state index in [1.807, 2.05) is 12.1 Å². The fourth-order valence-electron chi connectivity index (χ4n) is 1.52. The minimum Gasteiger partial charge on any atom is -0.355 e. The fourth-order valence-corrected chi connectivity index (χ4v) is 1.52. The van der Waals surface area contributed by atoms with E-state index >= 15 is 0 Å². The Hall–Kier alpha value is -1.16. The van der Waals surface area contributed by atoms with Crippen LogP contribution in [0.5, 0.6) is 0 Å². The lowest BCUT2D eigenvalue weighted by atomic mass is 10.1. The second-order valence-electron chi connectivity index (χ2n) is 4.14. The highest BCUT2D eigenvalue weighted by molar-refractivity contribution is 5.37. The SMILES string of the molecule is CCC(C)CN(CC)c1ccc(CN)nn1. The summed E-state index contributed by atoms with van der Waals surface area (Å²) in [5, 5.41) is 8.29. The molecular formula is C12H22N4. The van der Waals surface area contributed by atoms with Gasteiger partial charge in [-0.1, -0.05) is 20.3 Å². The van der Waals surface area contributed by atoms with Gasteiger partial charge in [0.25, 0.3) is 0 Å². The largest absolute Gasteiger partial charge is 0.355 e. The first-order chi connectivity index (χ1) is 7.71. The summed E-state index contributed by atoms with van der Waals surface area (Å²) in [6.07, 6.45) is 1.19. The summed E-state index contributed by atoms with van der Waals surface area (Å²) in [7, 11) is 0. The van der Waals surface area contributed by atoms with Crippen molar-refractivity contribution in [3.05, 3.63) is 17.8 Å². The summed E-state index contributed by atoms with van der Waals surface area (Å²) in [6, 6.07) is 3.95. The van der Waals surface area contributed by atoms with E-state index in [1.165, 1.54) is 6.42 Å². The lowest BCUT2D eigenvalue weighted by Crippen LogP contribution is -2.29. The molecule has 0 aliphatic heterocycles. The van der Waals surface area contributed by atoms with Crippen molar-refractivity contribution in [2.75, 3.05) is 18.0 Å². The van der Waals surface area contributed by atoms with E-state index in [-0.39, 0.29) is 0 Å². The minimum atomic E-state index is 0.449. The summed E-state index contributed by atoms with van der Waals surface area (Å²) in [5.74, 6) is 1.62. The van der Waals surface area contributed by atoms with Crippen LogP contribution >= 0.6 is 0 Å². The second-order valence-corrected chi connectivity index (χ2v) is 4.14. The van der Waals surface area contributed by atoms with Crippen molar-refractivity contribution in [3.8, 4) is 0 Å². The van der Waals surface area contributed by atoms with Crippen LogP contribution in [-0.2, 0) is 6.54 Å². The zero-order chi connectivity index (χ0) is 12.0. The van der Waals surface area contributed by atoms with Gasteiger partial charge in [-0.3, -0.25) is 0 Å². The maximum atomic E-state index is 5.49. The predicted molar refractivity (Wildman–Crippen MR) is 67.3 cm³/mol. The summed E-state index contributed by atoms with van der Waals surface area (Å²) in [4.78, 5) is 2.25. The molecule has 0 saturated carbocycles. The van der Waals surface area contributed by atoms with Gasteiger partial charge in [0, 0.05) is 19.6 Å². The maximum absolute atomic E-state index is 5.49. The van der Waals surface area contributed by atoms with Gasteiger partial charge in [0.15, 0.2) is 5.82 Å². The summed E-state index contributed by atoms with van der Waals surface area (Å²) < 4.78 is 0. The topological polar surface area (TPSA) is 55.0 Å². The lowest BCUT2D eigenvalue weighted by Gasteiger charge is -2.24. The molecule has 16 heavy (non-hydrogen) atoms. The Morgan fingerprint density at radius 3 is 2.50 bits per heavy atom. The number of rotatable bonds is 6. The first kappa shape index (κ1) is 12.9. The molecule has 1 atom stereocenters. The van der Waals surface area contributed by atoms with Gasteiger partial charge in [-0.05, 0) is 25.0 Å². The molecule has 1 aromatic rings. The summed E-state index contributed by atoms with van der Waals surface area (Å²) in [5.41, 5.74) is 6.33. The van der Waals surface area contributed by atoms with Crippen LogP contribution in [0.15, 0.2) is 12.1 Å². The molecule has 0 radical (unpaired) electrons. The fraction of sp³-hybridized carbons (Fsp3) is 0.667. The van der Waals surface area contributed by atoms with Gasteiger partial charge in [0.2, 0.25) is 0 Å². The highest BCUT2D eigenvalue weighted by Gasteiger charge is 2.09. The molecule has 0 aliphatic rings. The van der Waals surface area contributed by atoms with Crippen molar-refractivity contribution in [3.63, 3.8) is 0 Å². The van der Waals surface area contributed by atoms with Gasteiger partial charge < -0.3 is 10.6 Å². The van der Waals surface area contributed by atoms with E-state index < -0.39 is 0 Å². The first-order valence-corrected chi connectivity index (χ1v) is 5.98. The second kappa shape index (κ2) is 6.43. The molecule has 0 aliphatic carbocycles. The van der Waals surface area contributed by atoms with Crippen LogP contribution in [-0.4, -0.2) is 23.3 Å². The average Bonchev–Trinajstić information content (AvgIpc) is 2.35. The van der Waals surface area contributed by atoms with E-state index in [0.717, 1.165) is 24.6 Å². The van der Waals surface area contributed by atoms with Crippen LogP contribution in [0.4, 0.5) is 5.82 Å². The van der Waals surface area contributed by atoms with E-state index in [4.69, 9.17) is 5.73 Å². The highest BCUT2D eigenvalue weighted by Crippen LogP contribution is 2.13. The van der Waals surface area contributed by atoms with Gasteiger partial charge in [-0.25, -0.2) is 0 Å². The molecule has 0 fully saturated rings. The van der Waals surface area contributed by atoms with E-state index in [0.29, 0.717) is 12.5 Å². The molecule has 1 unspecified atom stereocenters. The van der Waals surface area contributed by atoms with Crippen molar-refractivity contribution < 1.29 is 0 Å². The number of hydrogen-bond acceptors (Lipinski definition) is 4. The normalized spacial score (nSPS) is 12.5. The van der Waals surface area contributed by atoms with Crippen LogP contribution < -0.4 is 10.6 Å². The van der Waals surface area contributed by atoms with Gasteiger partial charge in [-0.2, -0.15) is 5.10 Å². The standard InChI is InChI=1S/C12H22N4/c1-4-10(3)9-16(5-2)12-7-6-11(8-13)14-15-12/h6-7,10H,4-5,8-9,13H2,1-3H3. The van der Waals surface area contributed by atoms with E-state index in [1.54, 1.807) is 0 Å². The average molecular weight is 222 g/mol. The highest BCUT2D eigenvalue weighted by atomic mass is 15.3. The van der Waals surface area contributed by atoms with Gasteiger partial charge in [0.05, 0.1) is 5.69 Å². The summed E-state index contributed by atoms with van der Waals surface area (Å²) in [6.45, 7) is 9.04. The zero-order valence-electron chi connectivity index (χ0n) is 10.5. The molecule has 1 aromatic heterocycles. The molecule has 1 heterocycles. The molecule has 1 rings (SSSR count). The zero-order valence-corrected chi connectivity index (χ0v) is 10.5. The molecule has 4 nitrogen and oxygen atoms in total. The van der Waals surface area contributed by atoms with Crippen molar-refractivity contribution in [2.45, 2.75) is 33.7 Å². The molecule has 0 saturated heterocycles. The molecule has 0 aromatic carbocycles. The predicted octanol–water partition coefficient (Wildman–Crippen LogP) is 1.81.